The molecule has 23 heavy (non-hydrogen) atoms. The lowest BCUT2D eigenvalue weighted by Gasteiger charge is -2.00. The summed E-state index contributed by atoms with van der Waals surface area (Å²) >= 11 is 7.01. The van der Waals surface area contributed by atoms with Gasteiger partial charge in [-0.15, -0.1) is 11.3 Å². The lowest BCUT2D eigenvalue weighted by Crippen LogP contribution is -2.16. The van der Waals surface area contributed by atoms with E-state index in [1.165, 1.54) is 29.7 Å². The van der Waals surface area contributed by atoms with Gasteiger partial charge >= 0.3 is 0 Å². The summed E-state index contributed by atoms with van der Waals surface area (Å²) in [5.41, 5.74) is 2.70. The van der Waals surface area contributed by atoms with Crippen LogP contribution in [-0.4, -0.2) is 22.3 Å². The first-order valence-corrected chi connectivity index (χ1v) is 7.78. The van der Waals surface area contributed by atoms with Gasteiger partial charge in [0.15, 0.2) is 0 Å². The van der Waals surface area contributed by atoms with E-state index in [-0.39, 0.29) is 16.4 Å². The predicted molar refractivity (Wildman–Crippen MR) is 91.7 cm³/mol. The Balaban J connectivity index is 1.80. The minimum Gasteiger partial charge on any atom is -0.507 e. The topological polar surface area (TPSA) is 81.9 Å². The summed E-state index contributed by atoms with van der Waals surface area (Å²) in [4.78, 5) is 12.3. The fourth-order valence-corrected chi connectivity index (χ4v) is 3.19. The van der Waals surface area contributed by atoms with E-state index in [9.17, 15) is 15.0 Å². The zero-order valence-corrected chi connectivity index (χ0v) is 13.2. The molecule has 0 fully saturated rings. The van der Waals surface area contributed by atoms with Gasteiger partial charge in [-0.05, 0) is 30.3 Å². The molecule has 116 valence electrons. The van der Waals surface area contributed by atoms with Crippen molar-refractivity contribution < 1.29 is 15.0 Å². The van der Waals surface area contributed by atoms with Crippen LogP contribution in [-0.2, 0) is 0 Å². The van der Waals surface area contributed by atoms with Crippen molar-refractivity contribution in [3.05, 3.63) is 57.9 Å². The smallest absolute Gasteiger partial charge is 0.285 e. The summed E-state index contributed by atoms with van der Waals surface area (Å²) in [7, 11) is 0. The highest BCUT2D eigenvalue weighted by Gasteiger charge is 2.17. The first-order valence-electron chi connectivity index (χ1n) is 6.58. The van der Waals surface area contributed by atoms with Crippen LogP contribution in [0.3, 0.4) is 0 Å². The van der Waals surface area contributed by atoms with E-state index < -0.39 is 5.91 Å². The molecular formula is C16H11ClN2O3S. The largest absolute Gasteiger partial charge is 0.507 e. The molecule has 0 aliphatic heterocycles. The number of fused-ring (bicyclic) bond motifs is 1. The number of nitrogens with one attached hydrogen (secondary N) is 1. The molecule has 1 heterocycles. The van der Waals surface area contributed by atoms with Gasteiger partial charge < -0.3 is 10.2 Å². The highest BCUT2D eigenvalue weighted by Crippen LogP contribution is 2.36. The van der Waals surface area contributed by atoms with Crippen LogP contribution < -0.4 is 5.43 Å². The van der Waals surface area contributed by atoms with Crippen LogP contribution in [0.1, 0.15) is 15.2 Å². The van der Waals surface area contributed by atoms with E-state index in [2.05, 4.69) is 10.5 Å². The summed E-state index contributed by atoms with van der Waals surface area (Å²) in [6, 6.07) is 11.7. The van der Waals surface area contributed by atoms with Gasteiger partial charge in [-0.2, -0.15) is 5.10 Å². The number of halogens is 1. The Hall–Kier alpha value is -2.57. The van der Waals surface area contributed by atoms with E-state index in [1.807, 2.05) is 12.1 Å². The van der Waals surface area contributed by atoms with Crippen molar-refractivity contribution in [1.29, 1.82) is 0 Å². The number of rotatable bonds is 3. The molecule has 0 unspecified atom stereocenters. The molecule has 0 aliphatic carbocycles. The van der Waals surface area contributed by atoms with Crippen LogP contribution >= 0.6 is 22.9 Å². The molecule has 2 aromatic carbocycles. The molecule has 0 saturated heterocycles. The molecule has 0 spiro atoms. The fourth-order valence-electron chi connectivity index (χ4n) is 2.03. The number of carbonyl (C=O) groups is 1. The van der Waals surface area contributed by atoms with E-state index >= 15 is 0 Å². The van der Waals surface area contributed by atoms with Gasteiger partial charge in [0.05, 0.1) is 6.21 Å². The number of carbonyl (C=O) groups excluding carboxylic acids is 1. The molecule has 0 atom stereocenters. The van der Waals surface area contributed by atoms with Gasteiger partial charge in [0.2, 0.25) is 0 Å². The van der Waals surface area contributed by atoms with Gasteiger partial charge in [0.25, 0.3) is 5.91 Å². The molecule has 1 aromatic heterocycles. The van der Waals surface area contributed by atoms with Crippen LogP contribution in [0.2, 0.25) is 5.02 Å². The molecular weight excluding hydrogens is 336 g/mol. The molecule has 1 amide bonds. The third-order valence-electron chi connectivity index (χ3n) is 3.13. The normalized spacial score (nSPS) is 11.2. The zero-order chi connectivity index (χ0) is 16.4. The van der Waals surface area contributed by atoms with Crippen LogP contribution in [0.15, 0.2) is 47.6 Å². The third-order valence-corrected chi connectivity index (χ3v) is 4.53. The molecule has 0 radical (unpaired) electrons. The van der Waals surface area contributed by atoms with Gasteiger partial charge in [0.1, 0.15) is 16.4 Å². The maximum absolute atomic E-state index is 12.1. The van der Waals surface area contributed by atoms with Crippen LogP contribution in [0.25, 0.3) is 10.1 Å². The Morgan fingerprint density at radius 2 is 2.00 bits per heavy atom. The zero-order valence-electron chi connectivity index (χ0n) is 11.7. The molecule has 0 aliphatic rings. The van der Waals surface area contributed by atoms with E-state index in [0.29, 0.717) is 16.0 Å². The number of aromatic hydroxyl groups is 2. The maximum atomic E-state index is 12.1. The summed E-state index contributed by atoms with van der Waals surface area (Å²) in [6.07, 6.45) is 1.28. The minimum absolute atomic E-state index is 0.00268. The monoisotopic (exact) mass is 346 g/mol. The van der Waals surface area contributed by atoms with Crippen molar-refractivity contribution in [2.75, 3.05) is 0 Å². The number of nitrogens with zero attached hydrogens (tertiary/aromatic N) is 1. The van der Waals surface area contributed by atoms with Gasteiger partial charge in [-0.1, -0.05) is 23.7 Å². The standard InChI is InChI=1S/C16H11ClN2O3S/c17-10-5-6-12(20)9(7-10)8-18-19-16(22)15-14(21)11-3-1-2-4-13(11)23-15/h1-8,20-21H,(H,19,22)/b18-8+. The maximum Gasteiger partial charge on any atom is 0.285 e. The second-order valence-electron chi connectivity index (χ2n) is 4.68. The van der Waals surface area contributed by atoms with E-state index in [0.717, 1.165) is 4.70 Å². The highest BCUT2D eigenvalue weighted by molar-refractivity contribution is 7.21. The van der Waals surface area contributed by atoms with E-state index in [1.54, 1.807) is 18.2 Å². The average Bonchev–Trinajstić information content (AvgIpc) is 2.88. The van der Waals surface area contributed by atoms with Gasteiger partial charge in [0, 0.05) is 20.7 Å². The quantitative estimate of drug-likeness (QED) is 0.499. The Labute approximate surface area is 140 Å². The summed E-state index contributed by atoms with van der Waals surface area (Å²) in [5.74, 6) is -0.595. The Morgan fingerprint density at radius 1 is 1.22 bits per heavy atom. The minimum atomic E-state index is -0.526. The number of hydrogen-bond donors (Lipinski definition) is 3. The molecule has 5 nitrogen and oxygen atoms in total. The van der Waals surface area contributed by atoms with Crippen molar-refractivity contribution in [2.24, 2.45) is 5.10 Å². The molecule has 3 rings (SSSR count). The van der Waals surface area contributed by atoms with Crippen molar-refractivity contribution in [3.63, 3.8) is 0 Å². The predicted octanol–water partition coefficient (Wildman–Crippen LogP) is 3.73. The number of phenolic OH excluding ortho intramolecular Hbond substituents is 1. The Bertz CT molecular complexity index is 921. The van der Waals surface area contributed by atoms with Gasteiger partial charge in [-0.25, -0.2) is 5.43 Å². The lowest BCUT2D eigenvalue weighted by molar-refractivity contribution is 0.0957. The van der Waals surface area contributed by atoms with Crippen LogP contribution in [0.5, 0.6) is 11.5 Å². The number of amides is 1. The Kier molecular flexibility index (Phi) is 4.18. The van der Waals surface area contributed by atoms with Gasteiger partial charge in [-0.3, -0.25) is 4.79 Å². The third kappa shape index (κ3) is 3.13. The molecule has 0 saturated carbocycles. The second kappa shape index (κ2) is 6.28. The van der Waals surface area contributed by atoms with Crippen molar-refractivity contribution in [2.45, 2.75) is 0 Å². The second-order valence-corrected chi connectivity index (χ2v) is 6.17. The van der Waals surface area contributed by atoms with E-state index in [4.69, 9.17) is 11.6 Å². The lowest BCUT2D eigenvalue weighted by atomic mass is 10.2. The van der Waals surface area contributed by atoms with Crippen LogP contribution in [0.4, 0.5) is 0 Å². The number of hydrogen-bond acceptors (Lipinski definition) is 5. The number of hydrazone groups is 1. The Morgan fingerprint density at radius 3 is 2.78 bits per heavy atom. The molecule has 3 N–H and O–H groups in total. The number of phenols is 1. The highest BCUT2D eigenvalue weighted by atomic mass is 35.5. The summed E-state index contributed by atoms with van der Waals surface area (Å²) in [6.45, 7) is 0. The summed E-state index contributed by atoms with van der Waals surface area (Å²) < 4.78 is 0.812. The average molecular weight is 347 g/mol. The molecule has 0 bridgehead atoms. The first-order chi connectivity index (χ1) is 11.1. The number of benzene rings is 2. The van der Waals surface area contributed by atoms with Crippen molar-refractivity contribution >= 4 is 45.1 Å². The first kappa shape index (κ1) is 15.3. The summed E-state index contributed by atoms with van der Waals surface area (Å²) in [5, 5.41) is 24.6. The fraction of sp³-hybridized carbons (Fsp3) is 0. The number of thiophene rings is 1. The van der Waals surface area contributed by atoms with Crippen molar-refractivity contribution in [3.8, 4) is 11.5 Å². The molecule has 7 heteroatoms. The SMILES string of the molecule is O=C(N/N=C/c1cc(Cl)ccc1O)c1sc2ccccc2c1O. The van der Waals surface area contributed by atoms with Crippen molar-refractivity contribution in [1.82, 2.24) is 5.43 Å². The molecule has 3 aromatic rings. The van der Waals surface area contributed by atoms with Crippen LogP contribution in [0, 0.1) is 0 Å².